The molecule has 0 bridgehead atoms. The molecule has 0 fully saturated rings. The molecule has 6 nitrogen and oxygen atoms in total. The Morgan fingerprint density at radius 3 is 2.29 bits per heavy atom. The summed E-state index contributed by atoms with van der Waals surface area (Å²) < 4.78 is 0. The van der Waals surface area contributed by atoms with Gasteiger partial charge in [-0.25, -0.2) is 4.79 Å². The summed E-state index contributed by atoms with van der Waals surface area (Å²) in [6.45, 7) is 5.94. The van der Waals surface area contributed by atoms with Gasteiger partial charge in [0.15, 0.2) is 0 Å². The second-order valence-corrected chi connectivity index (χ2v) is 4.25. The lowest BCUT2D eigenvalue weighted by atomic mass is 10.1. The quantitative estimate of drug-likeness (QED) is 0.634. The number of anilines is 1. The molecule has 0 aliphatic heterocycles. The van der Waals surface area contributed by atoms with Crippen LogP contribution >= 0.6 is 0 Å². The maximum atomic E-state index is 11.5. The van der Waals surface area contributed by atoms with Gasteiger partial charge in [0.05, 0.1) is 0 Å². The monoisotopic (exact) mass is 286 g/mol. The molecule has 0 heterocycles. The lowest BCUT2D eigenvalue weighted by molar-refractivity contribution is -0.115. The largest absolute Gasteiger partial charge is 0.372 e. The first-order valence-electron chi connectivity index (χ1n) is 6.59. The summed E-state index contributed by atoms with van der Waals surface area (Å²) in [5.74, 6) is -0.808. The number of urea groups is 1. The summed E-state index contributed by atoms with van der Waals surface area (Å²) >= 11 is 0. The molecule has 0 aliphatic carbocycles. The number of imide groups is 1. The van der Waals surface area contributed by atoms with E-state index in [2.05, 4.69) is 18.7 Å². The van der Waals surface area contributed by atoms with Crippen LogP contribution in [0.3, 0.4) is 0 Å². The summed E-state index contributed by atoms with van der Waals surface area (Å²) in [6.07, 6.45) is 1.41. The molecule has 0 saturated heterocycles. The minimum Gasteiger partial charge on any atom is -0.372 e. The number of nitrogens with two attached hydrogens (primary N) is 1. The van der Waals surface area contributed by atoms with Crippen molar-refractivity contribution in [3.8, 4) is 6.07 Å². The highest BCUT2D eigenvalue weighted by Gasteiger charge is 2.10. The van der Waals surface area contributed by atoms with Gasteiger partial charge in [-0.05, 0) is 37.6 Å². The first-order chi connectivity index (χ1) is 10.0. The Hall–Kier alpha value is -2.81. The highest BCUT2D eigenvalue weighted by atomic mass is 16.2. The molecule has 0 aromatic heterocycles. The Balaban J connectivity index is 2.95. The third-order valence-corrected chi connectivity index (χ3v) is 2.93. The van der Waals surface area contributed by atoms with E-state index in [0.717, 1.165) is 18.8 Å². The van der Waals surface area contributed by atoms with Crippen molar-refractivity contribution in [2.45, 2.75) is 13.8 Å². The zero-order valence-electron chi connectivity index (χ0n) is 12.1. The Bertz CT molecular complexity index is 581. The Kier molecular flexibility index (Phi) is 5.96. The summed E-state index contributed by atoms with van der Waals surface area (Å²) in [6, 6.07) is 8.21. The van der Waals surface area contributed by atoms with Gasteiger partial charge in [0.25, 0.3) is 5.91 Å². The second-order valence-electron chi connectivity index (χ2n) is 4.25. The predicted molar refractivity (Wildman–Crippen MR) is 81.3 cm³/mol. The number of carbonyl (C=O) groups excluding carboxylic acids is 2. The van der Waals surface area contributed by atoms with Crippen LogP contribution in [0.25, 0.3) is 6.08 Å². The molecule has 1 rings (SSSR count). The molecule has 0 spiro atoms. The maximum absolute atomic E-state index is 11.5. The first-order valence-corrected chi connectivity index (χ1v) is 6.59. The Morgan fingerprint density at radius 1 is 1.29 bits per heavy atom. The number of carbonyl (C=O) groups is 2. The maximum Gasteiger partial charge on any atom is 0.319 e. The molecular weight excluding hydrogens is 268 g/mol. The zero-order chi connectivity index (χ0) is 15.8. The van der Waals surface area contributed by atoms with Crippen molar-refractivity contribution in [1.29, 1.82) is 5.26 Å². The molecule has 3 N–H and O–H groups in total. The van der Waals surface area contributed by atoms with E-state index < -0.39 is 11.9 Å². The fraction of sp³-hybridized carbons (Fsp3) is 0.267. The number of hydrogen-bond acceptors (Lipinski definition) is 4. The number of nitrogens with zero attached hydrogens (tertiary/aromatic N) is 2. The van der Waals surface area contributed by atoms with E-state index in [4.69, 9.17) is 11.0 Å². The van der Waals surface area contributed by atoms with Gasteiger partial charge >= 0.3 is 6.03 Å². The fourth-order valence-electron chi connectivity index (χ4n) is 1.86. The van der Waals surface area contributed by atoms with Crippen LogP contribution < -0.4 is 16.0 Å². The summed E-state index contributed by atoms with van der Waals surface area (Å²) in [5, 5.41) is 10.8. The Morgan fingerprint density at radius 2 is 1.86 bits per heavy atom. The van der Waals surface area contributed by atoms with Crippen LogP contribution in [-0.2, 0) is 4.79 Å². The third-order valence-electron chi connectivity index (χ3n) is 2.93. The molecule has 1 aromatic rings. The lowest BCUT2D eigenvalue weighted by Crippen LogP contribution is -2.35. The minimum absolute atomic E-state index is 0.176. The smallest absolute Gasteiger partial charge is 0.319 e. The topological polar surface area (TPSA) is 99.2 Å². The molecule has 0 saturated carbocycles. The number of benzene rings is 1. The predicted octanol–water partition coefficient (Wildman–Crippen LogP) is 1.63. The van der Waals surface area contributed by atoms with Crippen LogP contribution in [0.1, 0.15) is 19.4 Å². The van der Waals surface area contributed by atoms with Crippen molar-refractivity contribution >= 4 is 23.7 Å². The number of primary amides is 1. The van der Waals surface area contributed by atoms with Crippen LogP contribution in [0.4, 0.5) is 10.5 Å². The highest BCUT2D eigenvalue weighted by molar-refractivity contribution is 6.08. The minimum atomic E-state index is -0.988. The van der Waals surface area contributed by atoms with Gasteiger partial charge in [0.1, 0.15) is 11.6 Å². The molecule has 0 radical (unpaired) electrons. The summed E-state index contributed by atoms with van der Waals surface area (Å²) in [5.41, 5.74) is 6.44. The van der Waals surface area contributed by atoms with Gasteiger partial charge in [-0.2, -0.15) is 5.26 Å². The number of amides is 3. The van der Waals surface area contributed by atoms with E-state index in [1.165, 1.54) is 6.08 Å². The second kappa shape index (κ2) is 7.70. The van der Waals surface area contributed by atoms with E-state index in [1.807, 2.05) is 29.6 Å². The van der Waals surface area contributed by atoms with Crippen LogP contribution in [0, 0.1) is 11.3 Å². The molecule has 1 aromatic carbocycles. The molecule has 6 heteroatoms. The van der Waals surface area contributed by atoms with Crippen molar-refractivity contribution in [2.75, 3.05) is 18.0 Å². The normalized spacial score (nSPS) is 10.6. The lowest BCUT2D eigenvalue weighted by Gasteiger charge is -2.20. The van der Waals surface area contributed by atoms with Crippen molar-refractivity contribution in [3.05, 3.63) is 35.4 Å². The molecular formula is C15H18N4O2. The highest BCUT2D eigenvalue weighted by Crippen LogP contribution is 2.16. The molecule has 3 amide bonds. The van der Waals surface area contributed by atoms with Crippen molar-refractivity contribution in [2.24, 2.45) is 5.73 Å². The van der Waals surface area contributed by atoms with Crippen LogP contribution in [0.15, 0.2) is 29.8 Å². The van der Waals surface area contributed by atoms with Crippen LogP contribution in [0.5, 0.6) is 0 Å². The van der Waals surface area contributed by atoms with Crippen molar-refractivity contribution in [1.82, 2.24) is 5.32 Å². The van der Waals surface area contributed by atoms with Gasteiger partial charge in [0.2, 0.25) is 0 Å². The van der Waals surface area contributed by atoms with Crippen LogP contribution in [-0.4, -0.2) is 25.0 Å². The number of nitriles is 1. The van der Waals surface area contributed by atoms with E-state index in [-0.39, 0.29) is 5.57 Å². The third kappa shape index (κ3) is 4.66. The average Bonchev–Trinajstić information content (AvgIpc) is 2.46. The van der Waals surface area contributed by atoms with Gasteiger partial charge in [-0.1, -0.05) is 12.1 Å². The zero-order valence-corrected chi connectivity index (χ0v) is 12.1. The number of rotatable bonds is 5. The van der Waals surface area contributed by atoms with Gasteiger partial charge in [-0.3, -0.25) is 10.1 Å². The molecule has 110 valence electrons. The number of nitrogens with one attached hydrogen (secondary N) is 1. The van der Waals surface area contributed by atoms with Gasteiger partial charge in [0, 0.05) is 18.8 Å². The van der Waals surface area contributed by atoms with Crippen LogP contribution in [0.2, 0.25) is 0 Å². The van der Waals surface area contributed by atoms with E-state index in [0.29, 0.717) is 5.56 Å². The average molecular weight is 286 g/mol. The molecule has 21 heavy (non-hydrogen) atoms. The van der Waals surface area contributed by atoms with Crippen molar-refractivity contribution < 1.29 is 9.59 Å². The molecule has 0 unspecified atom stereocenters. The van der Waals surface area contributed by atoms with E-state index in [9.17, 15) is 9.59 Å². The Labute approximate surface area is 123 Å². The molecule has 0 aliphatic rings. The van der Waals surface area contributed by atoms with E-state index >= 15 is 0 Å². The van der Waals surface area contributed by atoms with E-state index in [1.54, 1.807) is 6.07 Å². The number of hydrogen-bond donors (Lipinski definition) is 2. The molecule has 0 atom stereocenters. The SMILES string of the molecule is CCN(CC)c1ccc(/C=C(/C#N)C(=O)NC(N)=O)cc1. The first kappa shape index (κ1) is 16.2. The standard InChI is InChI=1S/C15H18N4O2/c1-3-19(4-2)13-7-5-11(6-8-13)9-12(10-16)14(20)18-15(17)21/h5-9H,3-4H2,1-2H3,(H3,17,18,20,21)/b12-9-. The van der Waals surface area contributed by atoms with Crippen molar-refractivity contribution in [3.63, 3.8) is 0 Å². The summed E-state index contributed by atoms with van der Waals surface area (Å²) in [7, 11) is 0. The fourth-order valence-corrected chi connectivity index (χ4v) is 1.86. The van der Waals surface area contributed by atoms with Gasteiger partial charge in [-0.15, -0.1) is 0 Å². The summed E-state index contributed by atoms with van der Waals surface area (Å²) in [4.78, 5) is 24.3. The van der Waals surface area contributed by atoms with Gasteiger partial charge < -0.3 is 10.6 Å².